The van der Waals surface area contributed by atoms with Gasteiger partial charge in [-0.25, -0.2) is 4.39 Å². The molecule has 0 radical (unpaired) electrons. The second-order valence-electron chi connectivity index (χ2n) is 7.04. The van der Waals surface area contributed by atoms with Crippen molar-refractivity contribution in [2.45, 2.75) is 44.4 Å². The Morgan fingerprint density at radius 2 is 1.65 bits per heavy atom. The molecular formula is C22H25ClFNO. The summed E-state index contributed by atoms with van der Waals surface area (Å²) in [5, 5.41) is 0.757. The van der Waals surface area contributed by atoms with Crippen LogP contribution in [0.5, 0.6) is 0 Å². The Morgan fingerprint density at radius 3 is 2.31 bits per heavy atom. The van der Waals surface area contributed by atoms with Gasteiger partial charge in [0.1, 0.15) is 5.82 Å². The minimum Gasteiger partial charge on any atom is -0.343 e. The second kappa shape index (κ2) is 9.18. The summed E-state index contributed by atoms with van der Waals surface area (Å²) in [4.78, 5) is 14.4. The number of rotatable bonds is 6. The molecule has 0 atom stereocenters. The molecule has 0 spiro atoms. The zero-order chi connectivity index (χ0) is 18.4. The van der Waals surface area contributed by atoms with Gasteiger partial charge in [-0.2, -0.15) is 0 Å². The minimum atomic E-state index is -0.194. The maximum absolute atomic E-state index is 13.0. The van der Waals surface area contributed by atoms with E-state index in [1.54, 1.807) is 0 Å². The Morgan fingerprint density at radius 1 is 1.00 bits per heavy atom. The van der Waals surface area contributed by atoms with Gasteiger partial charge >= 0.3 is 0 Å². The molecule has 0 N–H and O–H groups in total. The molecule has 2 nitrogen and oxygen atoms in total. The summed E-state index contributed by atoms with van der Waals surface area (Å²) in [5.41, 5.74) is 2.45. The molecular weight excluding hydrogens is 349 g/mol. The van der Waals surface area contributed by atoms with E-state index >= 15 is 0 Å². The average molecular weight is 374 g/mol. The maximum Gasteiger partial charge on any atom is 0.222 e. The van der Waals surface area contributed by atoms with Gasteiger partial charge in [-0.3, -0.25) is 4.79 Å². The number of amides is 1. The Hall–Kier alpha value is -1.87. The highest BCUT2D eigenvalue weighted by Gasteiger charge is 2.23. The van der Waals surface area contributed by atoms with Crippen LogP contribution in [-0.2, 0) is 11.2 Å². The van der Waals surface area contributed by atoms with Crippen molar-refractivity contribution < 1.29 is 9.18 Å². The number of halogens is 2. The fourth-order valence-electron chi connectivity index (χ4n) is 3.61. The highest BCUT2D eigenvalue weighted by Crippen LogP contribution is 2.28. The first kappa shape index (κ1) is 18.9. The smallest absolute Gasteiger partial charge is 0.222 e. The third-order valence-corrected chi connectivity index (χ3v) is 5.46. The standard InChI is InChI=1S/C22H25ClFNO/c23-20-9-5-17(6-10-20)3-1-2-4-22(26)25-15-13-19(14-16-25)18-7-11-21(24)12-8-18/h5-12,19H,1-4,13-16H2. The first-order valence-corrected chi connectivity index (χ1v) is 9.77. The summed E-state index contributed by atoms with van der Waals surface area (Å²) in [6.45, 7) is 1.61. The van der Waals surface area contributed by atoms with Crippen LogP contribution in [0.2, 0.25) is 5.02 Å². The van der Waals surface area contributed by atoms with Crippen molar-refractivity contribution in [3.63, 3.8) is 0 Å². The Bertz CT molecular complexity index is 706. The summed E-state index contributed by atoms with van der Waals surface area (Å²) in [6.07, 6.45) is 5.45. The average Bonchev–Trinajstić information content (AvgIpc) is 2.67. The van der Waals surface area contributed by atoms with Crippen molar-refractivity contribution in [1.29, 1.82) is 0 Å². The molecule has 0 aromatic heterocycles. The highest BCUT2D eigenvalue weighted by atomic mass is 35.5. The molecule has 0 saturated carbocycles. The van der Waals surface area contributed by atoms with Crippen LogP contribution in [0.4, 0.5) is 4.39 Å². The summed E-state index contributed by atoms with van der Waals surface area (Å²) < 4.78 is 13.0. The first-order valence-electron chi connectivity index (χ1n) is 9.39. The number of unbranched alkanes of at least 4 members (excludes halogenated alkanes) is 1. The molecule has 4 heteroatoms. The van der Waals surface area contributed by atoms with Crippen LogP contribution >= 0.6 is 11.6 Å². The van der Waals surface area contributed by atoms with Gasteiger partial charge in [0.05, 0.1) is 0 Å². The van der Waals surface area contributed by atoms with E-state index in [1.807, 2.05) is 41.3 Å². The predicted molar refractivity (Wildman–Crippen MR) is 104 cm³/mol. The van der Waals surface area contributed by atoms with Crippen LogP contribution < -0.4 is 0 Å². The van der Waals surface area contributed by atoms with Crippen LogP contribution in [0, 0.1) is 5.82 Å². The van der Waals surface area contributed by atoms with Crippen molar-refractivity contribution in [3.8, 4) is 0 Å². The SMILES string of the molecule is O=C(CCCCc1ccc(Cl)cc1)N1CCC(c2ccc(F)cc2)CC1. The Kier molecular flexibility index (Phi) is 6.67. The molecule has 0 bridgehead atoms. The van der Waals surface area contributed by atoms with E-state index < -0.39 is 0 Å². The molecule has 1 aliphatic heterocycles. The zero-order valence-corrected chi connectivity index (χ0v) is 15.7. The third-order valence-electron chi connectivity index (χ3n) is 5.21. The number of hydrogen-bond donors (Lipinski definition) is 0. The predicted octanol–water partition coefficient (Wildman–Crippen LogP) is 5.60. The monoisotopic (exact) mass is 373 g/mol. The lowest BCUT2D eigenvalue weighted by molar-refractivity contribution is -0.132. The van der Waals surface area contributed by atoms with Crippen LogP contribution in [0.25, 0.3) is 0 Å². The van der Waals surface area contributed by atoms with Crippen molar-refractivity contribution in [2.24, 2.45) is 0 Å². The molecule has 0 unspecified atom stereocenters. The number of aryl methyl sites for hydroxylation is 1. The van der Waals surface area contributed by atoms with E-state index in [9.17, 15) is 9.18 Å². The van der Waals surface area contributed by atoms with Crippen molar-refractivity contribution in [3.05, 3.63) is 70.5 Å². The largest absolute Gasteiger partial charge is 0.343 e. The van der Waals surface area contributed by atoms with Gasteiger partial charge in [-0.1, -0.05) is 35.9 Å². The van der Waals surface area contributed by atoms with E-state index in [1.165, 1.54) is 23.3 Å². The first-order chi connectivity index (χ1) is 12.6. The summed E-state index contributed by atoms with van der Waals surface area (Å²) in [7, 11) is 0. The lowest BCUT2D eigenvalue weighted by Crippen LogP contribution is -2.37. The normalized spacial score (nSPS) is 15.2. The summed E-state index contributed by atoms with van der Waals surface area (Å²) in [6, 6.07) is 14.7. The van der Waals surface area contributed by atoms with Gasteiger partial charge in [0, 0.05) is 24.5 Å². The van der Waals surface area contributed by atoms with Crippen LogP contribution in [0.1, 0.15) is 49.1 Å². The van der Waals surface area contributed by atoms with Gasteiger partial charge in [0.15, 0.2) is 0 Å². The molecule has 2 aromatic carbocycles. The number of carbonyl (C=O) groups excluding carboxylic acids is 1. The van der Waals surface area contributed by atoms with Gasteiger partial charge < -0.3 is 4.90 Å². The number of likely N-dealkylation sites (tertiary alicyclic amines) is 1. The Labute approximate surface area is 160 Å². The molecule has 1 saturated heterocycles. The van der Waals surface area contributed by atoms with Crippen LogP contribution in [0.3, 0.4) is 0 Å². The summed E-state index contributed by atoms with van der Waals surface area (Å²) >= 11 is 5.89. The third kappa shape index (κ3) is 5.31. The lowest BCUT2D eigenvalue weighted by atomic mass is 9.89. The van der Waals surface area contributed by atoms with Crippen LogP contribution in [0.15, 0.2) is 48.5 Å². The fourth-order valence-corrected chi connectivity index (χ4v) is 3.74. The Balaban J connectivity index is 1.37. The molecule has 1 fully saturated rings. The van der Waals surface area contributed by atoms with Crippen molar-refractivity contribution in [1.82, 2.24) is 4.90 Å². The van der Waals surface area contributed by atoms with E-state index in [-0.39, 0.29) is 11.7 Å². The molecule has 138 valence electrons. The van der Waals surface area contributed by atoms with Crippen LogP contribution in [-0.4, -0.2) is 23.9 Å². The quantitative estimate of drug-likeness (QED) is 0.603. The van der Waals surface area contributed by atoms with Gasteiger partial charge in [-0.15, -0.1) is 0 Å². The lowest BCUT2D eigenvalue weighted by Gasteiger charge is -2.32. The molecule has 1 amide bonds. The number of nitrogens with zero attached hydrogens (tertiary/aromatic N) is 1. The maximum atomic E-state index is 13.0. The molecule has 0 aliphatic carbocycles. The van der Waals surface area contributed by atoms with E-state index in [2.05, 4.69) is 0 Å². The highest BCUT2D eigenvalue weighted by molar-refractivity contribution is 6.30. The van der Waals surface area contributed by atoms with Crippen molar-refractivity contribution in [2.75, 3.05) is 13.1 Å². The number of hydrogen-bond acceptors (Lipinski definition) is 1. The van der Waals surface area contributed by atoms with E-state index in [0.717, 1.165) is 50.2 Å². The van der Waals surface area contributed by atoms with Gasteiger partial charge in [0.2, 0.25) is 5.91 Å². The topological polar surface area (TPSA) is 20.3 Å². The van der Waals surface area contributed by atoms with E-state index in [4.69, 9.17) is 11.6 Å². The molecule has 2 aromatic rings. The molecule has 3 rings (SSSR count). The zero-order valence-electron chi connectivity index (χ0n) is 15.0. The second-order valence-corrected chi connectivity index (χ2v) is 7.48. The minimum absolute atomic E-state index is 0.194. The number of piperidine rings is 1. The fraction of sp³-hybridized carbons (Fsp3) is 0.409. The summed E-state index contributed by atoms with van der Waals surface area (Å²) in [5.74, 6) is 0.503. The molecule has 1 aliphatic rings. The number of carbonyl (C=O) groups is 1. The van der Waals surface area contributed by atoms with E-state index in [0.29, 0.717) is 12.3 Å². The van der Waals surface area contributed by atoms with Gasteiger partial charge in [0.25, 0.3) is 0 Å². The number of benzene rings is 2. The van der Waals surface area contributed by atoms with Crippen molar-refractivity contribution >= 4 is 17.5 Å². The molecule has 1 heterocycles. The van der Waals surface area contributed by atoms with Gasteiger partial charge in [-0.05, 0) is 73.4 Å². The molecule has 26 heavy (non-hydrogen) atoms.